The first-order valence-corrected chi connectivity index (χ1v) is 7.10. The van der Waals surface area contributed by atoms with Crippen LogP contribution in [0.5, 0.6) is 0 Å². The van der Waals surface area contributed by atoms with E-state index in [1.54, 1.807) is 17.9 Å². The summed E-state index contributed by atoms with van der Waals surface area (Å²) in [4.78, 5) is 25.6. The van der Waals surface area contributed by atoms with Crippen LogP contribution in [-0.4, -0.2) is 53.7 Å². The van der Waals surface area contributed by atoms with Crippen LogP contribution < -0.4 is 5.32 Å². The molecule has 1 aromatic heterocycles. The number of carbonyl (C=O) groups is 2. The molecule has 0 bridgehead atoms. The Labute approximate surface area is 123 Å². The van der Waals surface area contributed by atoms with Gasteiger partial charge in [-0.15, -0.1) is 0 Å². The number of aryl methyl sites for hydroxylation is 1. The van der Waals surface area contributed by atoms with Crippen molar-refractivity contribution < 1.29 is 18.8 Å². The summed E-state index contributed by atoms with van der Waals surface area (Å²) in [7, 11) is 0. The number of rotatable bonds is 4. The monoisotopic (exact) mass is 295 g/mol. The van der Waals surface area contributed by atoms with Gasteiger partial charge in [0.25, 0.3) is 5.91 Å². The average molecular weight is 295 g/mol. The van der Waals surface area contributed by atoms with E-state index >= 15 is 0 Å². The van der Waals surface area contributed by atoms with Gasteiger partial charge in [0.1, 0.15) is 5.76 Å². The first-order chi connectivity index (χ1) is 9.95. The predicted molar refractivity (Wildman–Crippen MR) is 74.8 cm³/mol. The van der Waals surface area contributed by atoms with E-state index < -0.39 is 0 Å². The van der Waals surface area contributed by atoms with Crippen molar-refractivity contribution in [3.63, 3.8) is 0 Å². The third-order valence-corrected chi connectivity index (χ3v) is 3.26. The lowest BCUT2D eigenvalue weighted by Crippen LogP contribution is -2.48. The molecule has 7 nitrogen and oxygen atoms in total. The van der Waals surface area contributed by atoms with Gasteiger partial charge in [-0.25, -0.2) is 0 Å². The minimum absolute atomic E-state index is 0.0219. The molecule has 0 spiro atoms. The molecule has 1 aliphatic rings. The van der Waals surface area contributed by atoms with Crippen LogP contribution in [0.2, 0.25) is 0 Å². The number of aromatic nitrogens is 1. The minimum atomic E-state index is -0.330. The van der Waals surface area contributed by atoms with Gasteiger partial charge in [-0.2, -0.15) is 0 Å². The van der Waals surface area contributed by atoms with Gasteiger partial charge in [0.15, 0.2) is 5.69 Å². The second-order valence-electron chi connectivity index (χ2n) is 5.38. The predicted octanol–water partition coefficient (Wildman–Crippen LogP) is 0.739. The molecule has 2 amide bonds. The molecule has 116 valence electrons. The van der Waals surface area contributed by atoms with E-state index in [0.717, 1.165) is 0 Å². The van der Waals surface area contributed by atoms with Gasteiger partial charge in [0, 0.05) is 32.1 Å². The van der Waals surface area contributed by atoms with E-state index in [4.69, 9.17) is 9.26 Å². The summed E-state index contributed by atoms with van der Waals surface area (Å²) in [5, 5.41) is 6.29. The Morgan fingerprint density at radius 2 is 2.05 bits per heavy atom. The molecule has 0 aromatic carbocycles. The van der Waals surface area contributed by atoms with Crippen LogP contribution in [0.25, 0.3) is 0 Å². The molecule has 0 aliphatic carbocycles. The van der Waals surface area contributed by atoms with Crippen molar-refractivity contribution in [1.29, 1.82) is 0 Å². The molecule has 1 fully saturated rings. The molecule has 0 saturated carbocycles. The number of nitrogens with one attached hydrogen (secondary N) is 1. The summed E-state index contributed by atoms with van der Waals surface area (Å²) in [5.74, 6) is 0.268. The molecule has 0 radical (unpaired) electrons. The molecule has 1 N–H and O–H groups in total. The van der Waals surface area contributed by atoms with Crippen molar-refractivity contribution in [3.05, 3.63) is 17.5 Å². The van der Waals surface area contributed by atoms with Crippen molar-refractivity contribution in [3.8, 4) is 0 Å². The standard InChI is InChI=1S/C14H21N3O4/c1-9-6-12(16-21-9)14(19)15-5-4-13(18)17-7-10(2)20-11(3)8-17/h6,10-11H,4-5,7-8H2,1-3H3,(H,15,19). The highest BCUT2D eigenvalue weighted by Crippen LogP contribution is 2.11. The van der Waals surface area contributed by atoms with E-state index in [2.05, 4.69) is 10.5 Å². The lowest BCUT2D eigenvalue weighted by atomic mass is 10.2. The Hall–Kier alpha value is -1.89. The van der Waals surface area contributed by atoms with E-state index in [0.29, 0.717) is 18.8 Å². The molecule has 2 heterocycles. The number of hydrogen-bond acceptors (Lipinski definition) is 5. The molecule has 2 unspecified atom stereocenters. The third kappa shape index (κ3) is 4.29. The Balaban J connectivity index is 1.75. The van der Waals surface area contributed by atoms with Crippen LogP contribution in [0.1, 0.15) is 36.5 Å². The van der Waals surface area contributed by atoms with Crippen molar-refractivity contribution in [2.75, 3.05) is 19.6 Å². The largest absolute Gasteiger partial charge is 0.372 e. The molecule has 1 aromatic rings. The quantitative estimate of drug-likeness (QED) is 0.885. The van der Waals surface area contributed by atoms with Crippen LogP contribution in [0.4, 0.5) is 0 Å². The summed E-state index contributed by atoms with van der Waals surface area (Å²) >= 11 is 0. The number of morpholine rings is 1. The minimum Gasteiger partial charge on any atom is -0.372 e. The van der Waals surface area contributed by atoms with Gasteiger partial charge in [-0.05, 0) is 20.8 Å². The SMILES string of the molecule is Cc1cc(C(=O)NCCC(=O)N2CC(C)OC(C)C2)no1. The summed E-state index contributed by atoms with van der Waals surface area (Å²) in [6, 6.07) is 1.56. The van der Waals surface area contributed by atoms with Crippen LogP contribution in [0, 0.1) is 6.92 Å². The summed E-state index contributed by atoms with van der Waals surface area (Å²) in [6.45, 7) is 7.09. The number of ether oxygens (including phenoxy) is 1. The topological polar surface area (TPSA) is 84.7 Å². The van der Waals surface area contributed by atoms with Crippen LogP contribution in [0.15, 0.2) is 10.6 Å². The summed E-state index contributed by atoms with van der Waals surface area (Å²) < 4.78 is 10.4. The van der Waals surface area contributed by atoms with Crippen LogP contribution >= 0.6 is 0 Å². The number of hydrogen-bond donors (Lipinski definition) is 1. The lowest BCUT2D eigenvalue weighted by molar-refractivity contribution is -0.143. The highest BCUT2D eigenvalue weighted by atomic mass is 16.5. The van der Waals surface area contributed by atoms with Gasteiger partial charge < -0.3 is 19.5 Å². The molecule has 7 heteroatoms. The molecular weight excluding hydrogens is 274 g/mol. The molecule has 2 atom stereocenters. The first kappa shape index (κ1) is 15.5. The fraction of sp³-hybridized carbons (Fsp3) is 0.643. The zero-order valence-electron chi connectivity index (χ0n) is 12.6. The van der Waals surface area contributed by atoms with E-state index in [1.807, 2.05) is 13.8 Å². The first-order valence-electron chi connectivity index (χ1n) is 7.10. The second kappa shape index (κ2) is 6.71. The van der Waals surface area contributed by atoms with Crippen molar-refractivity contribution >= 4 is 11.8 Å². The van der Waals surface area contributed by atoms with Gasteiger partial charge in [-0.3, -0.25) is 9.59 Å². The number of carbonyl (C=O) groups excluding carboxylic acids is 2. The average Bonchev–Trinajstić information content (AvgIpc) is 2.84. The zero-order valence-corrected chi connectivity index (χ0v) is 12.6. The molecule has 2 rings (SSSR count). The lowest BCUT2D eigenvalue weighted by Gasteiger charge is -2.35. The third-order valence-electron chi connectivity index (χ3n) is 3.26. The number of amides is 2. The maximum absolute atomic E-state index is 12.1. The van der Waals surface area contributed by atoms with E-state index in [9.17, 15) is 9.59 Å². The van der Waals surface area contributed by atoms with E-state index in [-0.39, 0.29) is 42.7 Å². The van der Waals surface area contributed by atoms with Crippen molar-refractivity contribution in [2.24, 2.45) is 0 Å². The van der Waals surface area contributed by atoms with Crippen molar-refractivity contribution in [1.82, 2.24) is 15.4 Å². The zero-order chi connectivity index (χ0) is 15.4. The fourth-order valence-electron chi connectivity index (χ4n) is 2.39. The summed E-state index contributed by atoms with van der Waals surface area (Å²) in [5.41, 5.74) is 0.230. The molecule has 1 aliphatic heterocycles. The van der Waals surface area contributed by atoms with Crippen LogP contribution in [-0.2, 0) is 9.53 Å². The smallest absolute Gasteiger partial charge is 0.273 e. The Bertz CT molecular complexity index is 504. The van der Waals surface area contributed by atoms with Gasteiger partial charge in [-0.1, -0.05) is 5.16 Å². The second-order valence-corrected chi connectivity index (χ2v) is 5.38. The maximum atomic E-state index is 12.1. The molecule has 21 heavy (non-hydrogen) atoms. The van der Waals surface area contributed by atoms with E-state index in [1.165, 1.54) is 0 Å². The highest BCUT2D eigenvalue weighted by Gasteiger charge is 2.25. The van der Waals surface area contributed by atoms with Gasteiger partial charge >= 0.3 is 0 Å². The normalized spacial score (nSPS) is 22.1. The Kier molecular flexibility index (Phi) is 4.95. The summed E-state index contributed by atoms with van der Waals surface area (Å²) in [6.07, 6.45) is 0.359. The molecular formula is C14H21N3O4. The Morgan fingerprint density at radius 1 is 1.38 bits per heavy atom. The highest BCUT2D eigenvalue weighted by molar-refractivity contribution is 5.92. The fourth-order valence-corrected chi connectivity index (χ4v) is 2.39. The maximum Gasteiger partial charge on any atom is 0.273 e. The number of nitrogens with zero attached hydrogens (tertiary/aromatic N) is 2. The molecule has 1 saturated heterocycles. The van der Waals surface area contributed by atoms with Crippen molar-refractivity contribution in [2.45, 2.75) is 39.4 Å². The van der Waals surface area contributed by atoms with Gasteiger partial charge in [0.2, 0.25) is 5.91 Å². The Morgan fingerprint density at radius 3 is 2.62 bits per heavy atom. The van der Waals surface area contributed by atoms with Crippen LogP contribution in [0.3, 0.4) is 0 Å². The van der Waals surface area contributed by atoms with Gasteiger partial charge in [0.05, 0.1) is 12.2 Å².